The molecule has 0 bridgehead atoms. The highest BCUT2D eigenvalue weighted by molar-refractivity contribution is 5.96. The molecule has 0 unspecified atom stereocenters. The fourth-order valence-electron chi connectivity index (χ4n) is 1.62. The first-order chi connectivity index (χ1) is 9.61. The van der Waals surface area contributed by atoms with E-state index in [1.165, 1.54) is 5.56 Å². The highest BCUT2D eigenvalue weighted by atomic mass is 16.5. The van der Waals surface area contributed by atoms with Gasteiger partial charge < -0.3 is 15.4 Å². The van der Waals surface area contributed by atoms with Gasteiger partial charge in [0, 0.05) is 26.8 Å². The minimum atomic E-state index is -0.269. The van der Waals surface area contributed by atoms with Gasteiger partial charge in [0.1, 0.15) is 6.42 Å². The molecule has 0 aliphatic heterocycles. The third-order valence-corrected chi connectivity index (χ3v) is 2.78. The number of benzene rings is 1. The normalized spacial score (nSPS) is 10.1. The van der Waals surface area contributed by atoms with Crippen molar-refractivity contribution in [1.29, 1.82) is 0 Å². The second-order valence-electron chi connectivity index (χ2n) is 4.64. The van der Waals surface area contributed by atoms with Crippen molar-refractivity contribution < 1.29 is 14.3 Å². The number of methoxy groups -OCH3 is 1. The molecule has 5 heteroatoms. The predicted molar refractivity (Wildman–Crippen MR) is 77.1 cm³/mol. The van der Waals surface area contributed by atoms with E-state index in [0.29, 0.717) is 19.7 Å². The van der Waals surface area contributed by atoms with E-state index >= 15 is 0 Å². The van der Waals surface area contributed by atoms with Gasteiger partial charge in [-0.1, -0.05) is 29.8 Å². The maximum atomic E-state index is 11.6. The fourth-order valence-corrected chi connectivity index (χ4v) is 1.62. The quantitative estimate of drug-likeness (QED) is 0.554. The molecular formula is C15H22N2O3. The molecule has 0 spiro atoms. The van der Waals surface area contributed by atoms with Crippen LogP contribution >= 0.6 is 0 Å². The largest absolute Gasteiger partial charge is 0.385 e. The van der Waals surface area contributed by atoms with Crippen LogP contribution in [-0.4, -0.2) is 32.1 Å². The van der Waals surface area contributed by atoms with Gasteiger partial charge in [-0.3, -0.25) is 9.59 Å². The summed E-state index contributed by atoms with van der Waals surface area (Å²) in [6, 6.07) is 7.90. The lowest BCUT2D eigenvalue weighted by Gasteiger charge is -2.07. The number of nitrogens with one attached hydrogen (secondary N) is 2. The van der Waals surface area contributed by atoms with Crippen molar-refractivity contribution in [2.75, 3.05) is 20.3 Å². The van der Waals surface area contributed by atoms with E-state index in [1.807, 2.05) is 31.2 Å². The summed E-state index contributed by atoms with van der Waals surface area (Å²) in [7, 11) is 1.61. The van der Waals surface area contributed by atoms with E-state index in [-0.39, 0.29) is 18.2 Å². The van der Waals surface area contributed by atoms with Gasteiger partial charge in [-0.15, -0.1) is 0 Å². The average Bonchev–Trinajstić information content (AvgIpc) is 2.43. The second kappa shape index (κ2) is 9.09. The molecule has 0 heterocycles. The second-order valence-corrected chi connectivity index (χ2v) is 4.64. The smallest absolute Gasteiger partial charge is 0.229 e. The van der Waals surface area contributed by atoms with E-state index in [0.717, 1.165) is 12.0 Å². The van der Waals surface area contributed by atoms with Crippen molar-refractivity contribution in [2.24, 2.45) is 0 Å². The van der Waals surface area contributed by atoms with Crippen molar-refractivity contribution in [1.82, 2.24) is 10.6 Å². The summed E-state index contributed by atoms with van der Waals surface area (Å²) < 4.78 is 4.87. The summed E-state index contributed by atoms with van der Waals surface area (Å²) in [5.74, 6) is -0.530. The molecule has 0 aromatic heterocycles. The molecule has 0 saturated carbocycles. The average molecular weight is 278 g/mol. The van der Waals surface area contributed by atoms with Crippen molar-refractivity contribution >= 4 is 11.8 Å². The zero-order valence-corrected chi connectivity index (χ0v) is 12.1. The molecule has 0 fully saturated rings. The number of hydrogen-bond donors (Lipinski definition) is 2. The first-order valence-corrected chi connectivity index (χ1v) is 6.69. The lowest BCUT2D eigenvalue weighted by atomic mass is 10.1. The first-order valence-electron chi connectivity index (χ1n) is 6.69. The Morgan fingerprint density at radius 3 is 2.40 bits per heavy atom. The van der Waals surface area contributed by atoms with Gasteiger partial charge in [0.05, 0.1) is 0 Å². The number of rotatable bonds is 8. The molecule has 0 saturated heterocycles. The van der Waals surface area contributed by atoms with Gasteiger partial charge >= 0.3 is 0 Å². The Bertz CT molecular complexity index is 429. The third kappa shape index (κ3) is 6.89. The fraction of sp³-hybridized carbons (Fsp3) is 0.467. The van der Waals surface area contributed by atoms with Gasteiger partial charge in [0.2, 0.25) is 11.8 Å². The molecule has 2 N–H and O–H groups in total. The number of carbonyl (C=O) groups is 2. The summed E-state index contributed by atoms with van der Waals surface area (Å²) in [6.07, 6.45) is 0.603. The molecule has 1 rings (SSSR count). The topological polar surface area (TPSA) is 67.4 Å². The first kappa shape index (κ1) is 16.2. The van der Waals surface area contributed by atoms with Crippen molar-refractivity contribution in [3.05, 3.63) is 35.4 Å². The van der Waals surface area contributed by atoms with Crippen molar-refractivity contribution in [3.63, 3.8) is 0 Å². The monoisotopic (exact) mass is 278 g/mol. The number of aryl methyl sites for hydroxylation is 1. The molecule has 0 aliphatic rings. The van der Waals surface area contributed by atoms with Gasteiger partial charge in [-0.05, 0) is 18.9 Å². The summed E-state index contributed by atoms with van der Waals surface area (Å²) in [6.45, 7) is 3.57. The van der Waals surface area contributed by atoms with Crippen LogP contribution < -0.4 is 10.6 Å². The van der Waals surface area contributed by atoms with E-state index in [9.17, 15) is 9.59 Å². The van der Waals surface area contributed by atoms with Crippen LogP contribution in [0.3, 0.4) is 0 Å². The summed E-state index contributed by atoms with van der Waals surface area (Å²) in [5, 5.41) is 5.40. The molecule has 5 nitrogen and oxygen atoms in total. The Balaban J connectivity index is 2.19. The molecule has 20 heavy (non-hydrogen) atoms. The molecule has 0 radical (unpaired) electrons. The molecule has 1 aromatic carbocycles. The molecule has 2 amide bonds. The highest BCUT2D eigenvalue weighted by Gasteiger charge is 2.08. The van der Waals surface area contributed by atoms with Crippen LogP contribution in [0, 0.1) is 6.92 Å². The van der Waals surface area contributed by atoms with Gasteiger partial charge in [-0.25, -0.2) is 0 Å². The Hall–Kier alpha value is -1.88. The van der Waals surface area contributed by atoms with E-state index in [4.69, 9.17) is 4.74 Å². The Morgan fingerprint density at radius 2 is 1.75 bits per heavy atom. The van der Waals surface area contributed by atoms with Crippen LogP contribution in [0.1, 0.15) is 24.0 Å². The van der Waals surface area contributed by atoms with Gasteiger partial charge in [0.15, 0.2) is 0 Å². The van der Waals surface area contributed by atoms with Crippen LogP contribution in [0.25, 0.3) is 0 Å². The van der Waals surface area contributed by atoms with E-state index < -0.39 is 0 Å². The van der Waals surface area contributed by atoms with Crippen molar-refractivity contribution in [2.45, 2.75) is 26.3 Å². The lowest BCUT2D eigenvalue weighted by molar-refractivity contribution is -0.129. The standard InChI is InChI=1S/C15H22N2O3/c1-12-4-6-13(7-5-12)11-17-15(19)10-14(18)16-8-3-9-20-2/h4-7H,3,8-11H2,1-2H3,(H,16,18)(H,17,19). The van der Waals surface area contributed by atoms with Crippen LogP contribution in [0.5, 0.6) is 0 Å². The van der Waals surface area contributed by atoms with Crippen LogP contribution in [0.4, 0.5) is 0 Å². The minimum Gasteiger partial charge on any atom is -0.385 e. The van der Waals surface area contributed by atoms with Crippen LogP contribution in [0.2, 0.25) is 0 Å². The Kier molecular flexibility index (Phi) is 7.35. The van der Waals surface area contributed by atoms with Crippen molar-refractivity contribution in [3.8, 4) is 0 Å². The molecule has 110 valence electrons. The lowest BCUT2D eigenvalue weighted by Crippen LogP contribution is -2.32. The summed E-state index contributed by atoms with van der Waals surface area (Å²) in [4.78, 5) is 23.0. The van der Waals surface area contributed by atoms with Gasteiger partial charge in [0.25, 0.3) is 0 Å². The van der Waals surface area contributed by atoms with E-state index in [1.54, 1.807) is 7.11 Å². The summed E-state index contributed by atoms with van der Waals surface area (Å²) in [5.41, 5.74) is 2.19. The third-order valence-electron chi connectivity index (χ3n) is 2.78. The zero-order valence-electron chi connectivity index (χ0n) is 12.1. The maximum absolute atomic E-state index is 11.6. The Morgan fingerprint density at radius 1 is 1.10 bits per heavy atom. The van der Waals surface area contributed by atoms with E-state index in [2.05, 4.69) is 10.6 Å². The Labute approximate surface area is 119 Å². The molecule has 0 aliphatic carbocycles. The van der Waals surface area contributed by atoms with Crippen LogP contribution in [0.15, 0.2) is 24.3 Å². The zero-order chi connectivity index (χ0) is 14.8. The maximum Gasteiger partial charge on any atom is 0.229 e. The van der Waals surface area contributed by atoms with Gasteiger partial charge in [-0.2, -0.15) is 0 Å². The highest BCUT2D eigenvalue weighted by Crippen LogP contribution is 2.02. The molecule has 1 aromatic rings. The predicted octanol–water partition coefficient (Wildman–Crippen LogP) is 1.15. The number of amides is 2. The SMILES string of the molecule is COCCCNC(=O)CC(=O)NCc1ccc(C)cc1. The minimum absolute atomic E-state index is 0.140. The van der Waals surface area contributed by atoms with Crippen LogP contribution in [-0.2, 0) is 20.9 Å². The number of ether oxygens (including phenoxy) is 1. The molecule has 0 atom stereocenters. The number of hydrogen-bond acceptors (Lipinski definition) is 3. The summed E-state index contributed by atoms with van der Waals surface area (Å²) >= 11 is 0. The molecular weight excluding hydrogens is 256 g/mol. The number of carbonyl (C=O) groups excluding carboxylic acids is 2.